The lowest BCUT2D eigenvalue weighted by atomic mass is 9.52. The molecule has 2 fully saturated rings. The number of phenolic OH excluding ortho intramolecular Hbond substituents is 1. The summed E-state index contributed by atoms with van der Waals surface area (Å²) in [6, 6.07) is 5.69. The molecule has 0 radical (unpaired) electrons. The number of phenols is 1. The number of rotatable bonds is 26. The number of unbranched alkanes of at least 4 members (excludes halogenated alkanes) is 6. The quantitative estimate of drug-likeness (QED) is 0.0325. The van der Waals surface area contributed by atoms with E-state index in [-0.39, 0.29) is 48.7 Å². The average molecular weight is 890 g/mol. The number of ether oxygens (including phenoxy) is 2. The van der Waals surface area contributed by atoms with Gasteiger partial charge in [0.25, 0.3) is 0 Å². The summed E-state index contributed by atoms with van der Waals surface area (Å²) in [6.07, 6.45) is 1.62. The maximum atomic E-state index is 13.3. The van der Waals surface area contributed by atoms with Crippen molar-refractivity contribution in [3.05, 3.63) is 29.3 Å². The van der Waals surface area contributed by atoms with Crippen molar-refractivity contribution in [1.82, 2.24) is 4.90 Å². The first-order chi connectivity index (χ1) is 28.8. The van der Waals surface area contributed by atoms with Crippen LogP contribution in [0.25, 0.3) is 0 Å². The number of hydrogen-bond donors (Lipinski definition) is 1. The van der Waals surface area contributed by atoms with E-state index >= 15 is 0 Å². The number of fused-ring (bicyclic) bond motifs is 5. The number of likely N-dealkylation sites (N-methyl/N-ethyl adjacent to an activating group) is 1. The van der Waals surface area contributed by atoms with Gasteiger partial charge in [0.15, 0.2) is 24.1 Å². The van der Waals surface area contributed by atoms with Crippen molar-refractivity contribution < 1.29 is 69.5 Å². The van der Waals surface area contributed by atoms with Gasteiger partial charge in [0, 0.05) is 34.1 Å². The molecule has 3 aliphatic rings. The molecule has 0 amide bonds. The smallest absolute Gasteiger partial charge is 0.453 e. The zero-order valence-electron chi connectivity index (χ0n) is 35.1. The van der Waals surface area contributed by atoms with E-state index in [0.717, 1.165) is 70.6 Å². The van der Waals surface area contributed by atoms with Crippen molar-refractivity contribution in [3.8, 4) is 5.75 Å². The summed E-state index contributed by atoms with van der Waals surface area (Å²) in [5, 5.41) is 10.4. The highest BCUT2D eigenvalue weighted by molar-refractivity contribution is 7.84. The fourth-order valence-electron chi connectivity index (χ4n) is 10.1. The number of carbonyl (C=O) groups excluding carboxylic acids is 6. The molecule has 0 saturated heterocycles. The van der Waals surface area contributed by atoms with Crippen LogP contribution in [0.15, 0.2) is 18.2 Å². The van der Waals surface area contributed by atoms with Crippen LogP contribution in [0.2, 0.25) is 0 Å². The molecule has 7 atom stereocenters. The molecule has 342 valence electrons. The van der Waals surface area contributed by atoms with Crippen LogP contribution in [-0.4, -0.2) is 106 Å². The van der Waals surface area contributed by atoms with E-state index in [2.05, 4.69) is 13.0 Å². The summed E-state index contributed by atoms with van der Waals surface area (Å²) >= 11 is 0. The molecule has 11 nitrogen and oxygen atoms in total. The highest BCUT2D eigenvalue weighted by Gasteiger charge is 2.58. The maximum Gasteiger partial charge on any atom is 0.453 e. The van der Waals surface area contributed by atoms with Crippen LogP contribution in [0, 0.1) is 23.2 Å². The predicted molar refractivity (Wildman–Crippen MR) is 215 cm³/mol. The molecule has 0 aliphatic heterocycles. The molecule has 1 N–H and O–H groups in total. The highest BCUT2D eigenvalue weighted by Crippen LogP contribution is 2.63. The summed E-state index contributed by atoms with van der Waals surface area (Å²) in [7, 11) is 0.0962. The lowest BCUT2D eigenvalue weighted by Gasteiger charge is -2.53. The molecule has 0 heterocycles. The van der Waals surface area contributed by atoms with E-state index < -0.39 is 78.2 Å². The third-order valence-corrected chi connectivity index (χ3v) is 14.5. The second-order valence-electron chi connectivity index (χ2n) is 17.5. The number of nitrogens with zero attached hydrogens (tertiary/aromatic N) is 1. The van der Waals surface area contributed by atoms with Gasteiger partial charge in [-0.05, 0) is 105 Å². The molecule has 0 bridgehead atoms. The van der Waals surface area contributed by atoms with E-state index in [1.165, 1.54) is 23.1 Å². The van der Waals surface area contributed by atoms with Crippen LogP contribution in [-0.2, 0) is 55.5 Å². The number of Topliss-reactive ketones (excluding diaryl/α,β-unsaturated/α-hetero) is 2. The van der Waals surface area contributed by atoms with Crippen molar-refractivity contribution >= 4 is 46.9 Å². The number of halogens is 5. The normalized spacial score (nSPS) is 24.0. The first-order valence-corrected chi connectivity index (χ1v) is 22.9. The molecule has 4 rings (SSSR count). The molecule has 17 heteroatoms. The van der Waals surface area contributed by atoms with Crippen molar-refractivity contribution in [2.75, 3.05) is 31.6 Å². The van der Waals surface area contributed by atoms with Crippen molar-refractivity contribution in [3.63, 3.8) is 0 Å². The third kappa shape index (κ3) is 14.2. The summed E-state index contributed by atoms with van der Waals surface area (Å²) in [6.45, 7) is 1.63. The number of ketones is 2. The van der Waals surface area contributed by atoms with Gasteiger partial charge in [0.05, 0.1) is 25.9 Å². The Hall–Kier alpha value is -3.60. The number of carbonyl (C=O) groups is 6. The van der Waals surface area contributed by atoms with Gasteiger partial charge in [0.2, 0.25) is 0 Å². The number of aromatic hydroxyl groups is 1. The van der Waals surface area contributed by atoms with Crippen LogP contribution in [0.4, 0.5) is 22.0 Å². The summed E-state index contributed by atoms with van der Waals surface area (Å²) in [4.78, 5) is 72.1. The SMILES string of the molecule is CN(CC(=O)OC(CC(=O)C=O)CC(=O)C=O)CC(=O)O[C@H]1CC[C@H]2[C@@H]3[C@H](CCCCCCCCCS(=O)CCCC(F)(F)C(F)(F)F)Cc4cc(O)ccc4[C@H]3CC[C@]12C. The number of hydrogen-bond acceptors (Lipinski definition) is 11. The standard InChI is InChI=1S/C44H60F5NO10S/c1-42-18-16-36-35-13-12-31(53)22-30(35)21-29(11-8-6-4-3-5-7-9-19-61(58)20-10-17-43(45,46)44(47,48)49)41(36)37(42)14-15-38(42)60-40(57)26-50(2)25-39(56)59-34(23-32(54)27-51)24-33(55)28-52/h12-13,22,27-29,34,36-38,41,53H,3-11,14-21,23-26H2,1-2H3/t29-,36-,37+,38+,41-,42+,61?/m1/s1. The highest BCUT2D eigenvalue weighted by atomic mass is 32.2. The van der Waals surface area contributed by atoms with E-state index in [0.29, 0.717) is 42.3 Å². The minimum Gasteiger partial charge on any atom is -0.508 e. The molecular weight excluding hydrogens is 830 g/mol. The van der Waals surface area contributed by atoms with Crippen LogP contribution in [0.3, 0.4) is 0 Å². The monoisotopic (exact) mass is 889 g/mol. The van der Waals surface area contributed by atoms with E-state index in [1.807, 2.05) is 6.07 Å². The molecule has 61 heavy (non-hydrogen) atoms. The Morgan fingerprint density at radius 2 is 1.49 bits per heavy atom. The second-order valence-corrected chi connectivity index (χ2v) is 19.2. The lowest BCUT2D eigenvalue weighted by molar-refractivity contribution is -0.284. The van der Waals surface area contributed by atoms with Gasteiger partial charge in [0.1, 0.15) is 18.0 Å². The van der Waals surface area contributed by atoms with E-state index in [4.69, 9.17) is 9.47 Å². The largest absolute Gasteiger partial charge is 0.508 e. The number of benzene rings is 1. The van der Waals surface area contributed by atoms with E-state index in [9.17, 15) is 60.0 Å². The van der Waals surface area contributed by atoms with Gasteiger partial charge >= 0.3 is 24.0 Å². The number of aldehydes is 2. The van der Waals surface area contributed by atoms with Gasteiger partial charge in [-0.3, -0.25) is 37.9 Å². The summed E-state index contributed by atoms with van der Waals surface area (Å²) in [5.74, 6) is -6.17. The van der Waals surface area contributed by atoms with Gasteiger partial charge in [-0.15, -0.1) is 0 Å². The van der Waals surface area contributed by atoms with Crippen LogP contribution in [0.5, 0.6) is 5.75 Å². The molecule has 1 unspecified atom stereocenters. The van der Waals surface area contributed by atoms with Crippen LogP contribution >= 0.6 is 0 Å². The Morgan fingerprint density at radius 3 is 2.13 bits per heavy atom. The van der Waals surface area contributed by atoms with Gasteiger partial charge in [-0.25, -0.2) is 0 Å². The van der Waals surface area contributed by atoms with Crippen molar-refractivity contribution in [2.45, 2.75) is 146 Å². The topological polar surface area (TPSA) is 161 Å². The predicted octanol–water partition coefficient (Wildman–Crippen LogP) is 7.39. The minimum absolute atomic E-state index is 0.0423. The molecule has 0 aromatic heterocycles. The molecule has 1 aromatic carbocycles. The van der Waals surface area contributed by atoms with Crippen molar-refractivity contribution in [1.29, 1.82) is 0 Å². The van der Waals surface area contributed by atoms with Crippen LogP contribution in [0.1, 0.15) is 127 Å². The molecular formula is C44H60F5NO10S. The van der Waals surface area contributed by atoms with Crippen LogP contribution < -0.4 is 0 Å². The Labute approximate surface area is 356 Å². The van der Waals surface area contributed by atoms with Gasteiger partial charge < -0.3 is 14.6 Å². The zero-order valence-corrected chi connectivity index (χ0v) is 35.9. The first-order valence-electron chi connectivity index (χ1n) is 21.4. The molecule has 0 spiro atoms. The molecule has 3 aliphatic carbocycles. The van der Waals surface area contributed by atoms with Gasteiger partial charge in [-0.2, -0.15) is 22.0 Å². The fraction of sp³-hybridized carbons (Fsp3) is 0.727. The zero-order chi connectivity index (χ0) is 45.0. The lowest BCUT2D eigenvalue weighted by Crippen LogP contribution is -2.48. The summed E-state index contributed by atoms with van der Waals surface area (Å²) < 4.78 is 86.6. The fourth-order valence-corrected chi connectivity index (χ4v) is 11.3. The summed E-state index contributed by atoms with van der Waals surface area (Å²) in [5.41, 5.74) is 2.20. The van der Waals surface area contributed by atoms with Crippen molar-refractivity contribution in [2.24, 2.45) is 23.2 Å². The Balaban J connectivity index is 1.25. The number of esters is 2. The third-order valence-electron chi connectivity index (χ3n) is 13.0. The average Bonchev–Trinajstić information content (AvgIpc) is 3.50. The maximum absolute atomic E-state index is 13.3. The van der Waals surface area contributed by atoms with E-state index in [1.54, 1.807) is 6.07 Å². The Morgan fingerprint density at radius 1 is 0.885 bits per heavy atom. The number of alkyl halides is 5. The van der Waals surface area contributed by atoms with Gasteiger partial charge in [-0.1, -0.05) is 51.5 Å². The molecule has 2 saturated carbocycles. The Kier molecular flexibility index (Phi) is 18.6. The second kappa shape index (κ2) is 22.7. The minimum atomic E-state index is -5.59. The molecule has 1 aromatic rings. The first kappa shape index (κ1) is 50.0. The Bertz CT molecular complexity index is 1700.